The second-order valence-corrected chi connectivity index (χ2v) is 7.67. The van der Waals surface area contributed by atoms with Crippen LogP contribution in [-0.2, 0) is 0 Å². The molecule has 2 aromatic rings. The second-order valence-electron chi connectivity index (χ2n) is 7.67. The van der Waals surface area contributed by atoms with E-state index in [1.54, 1.807) is 12.1 Å². The molecular weight excluding hydrogens is 384 g/mol. The van der Waals surface area contributed by atoms with E-state index in [1.807, 2.05) is 19.1 Å². The summed E-state index contributed by atoms with van der Waals surface area (Å²) in [5.74, 6) is -1.71. The lowest BCUT2D eigenvalue weighted by atomic mass is 9.96. The molecule has 4 nitrogen and oxygen atoms in total. The lowest BCUT2D eigenvalue weighted by Gasteiger charge is -2.17. The van der Waals surface area contributed by atoms with E-state index >= 15 is 0 Å². The van der Waals surface area contributed by atoms with E-state index in [-0.39, 0.29) is 17.2 Å². The molecule has 0 aliphatic carbocycles. The number of carbonyl (C=O) groups is 1. The molecule has 2 aliphatic rings. The predicted molar refractivity (Wildman–Crippen MR) is 116 cm³/mol. The number of benzene rings is 2. The molecular formula is C24H25F2N3O. The molecule has 0 atom stereocenters. The SMILES string of the molecule is Cc1cc(C2=CCNCC2)ccc1C(=O)Nc1cc(F)c(C2=CCNCC2)c(F)c1. The van der Waals surface area contributed by atoms with Crippen LogP contribution in [-0.4, -0.2) is 32.1 Å². The zero-order valence-electron chi connectivity index (χ0n) is 16.9. The summed E-state index contributed by atoms with van der Waals surface area (Å²) in [6.07, 6.45) is 5.47. The highest BCUT2D eigenvalue weighted by Crippen LogP contribution is 2.29. The van der Waals surface area contributed by atoms with Crippen LogP contribution in [0.1, 0.15) is 39.9 Å². The number of amides is 1. The normalized spacial score (nSPS) is 16.6. The van der Waals surface area contributed by atoms with Crippen LogP contribution in [0.2, 0.25) is 0 Å². The molecule has 3 N–H and O–H groups in total. The molecule has 30 heavy (non-hydrogen) atoms. The molecule has 0 bridgehead atoms. The van der Waals surface area contributed by atoms with Crippen LogP contribution in [0.3, 0.4) is 0 Å². The van der Waals surface area contributed by atoms with Crippen molar-refractivity contribution in [2.75, 3.05) is 31.5 Å². The highest BCUT2D eigenvalue weighted by molar-refractivity contribution is 6.05. The highest BCUT2D eigenvalue weighted by atomic mass is 19.1. The average molecular weight is 409 g/mol. The van der Waals surface area contributed by atoms with Crippen molar-refractivity contribution in [1.82, 2.24) is 10.6 Å². The van der Waals surface area contributed by atoms with E-state index in [0.717, 1.165) is 30.6 Å². The van der Waals surface area contributed by atoms with Gasteiger partial charge in [0.15, 0.2) is 0 Å². The summed E-state index contributed by atoms with van der Waals surface area (Å²) in [6, 6.07) is 8.04. The van der Waals surface area contributed by atoms with Crippen LogP contribution >= 0.6 is 0 Å². The summed E-state index contributed by atoms with van der Waals surface area (Å²) >= 11 is 0. The van der Waals surface area contributed by atoms with Crippen molar-refractivity contribution in [3.63, 3.8) is 0 Å². The van der Waals surface area contributed by atoms with Crippen LogP contribution in [0, 0.1) is 18.6 Å². The Bertz CT molecular complexity index is 1020. The number of nitrogens with one attached hydrogen (secondary N) is 3. The zero-order chi connectivity index (χ0) is 21.1. The Morgan fingerprint density at radius 1 is 0.933 bits per heavy atom. The molecule has 156 valence electrons. The van der Waals surface area contributed by atoms with Gasteiger partial charge in [0, 0.05) is 29.9 Å². The largest absolute Gasteiger partial charge is 0.322 e. The van der Waals surface area contributed by atoms with Gasteiger partial charge in [0.2, 0.25) is 0 Å². The predicted octanol–water partition coefficient (Wildman–Crippen LogP) is 4.28. The van der Waals surface area contributed by atoms with Crippen molar-refractivity contribution >= 4 is 22.7 Å². The Hall–Kier alpha value is -2.83. The van der Waals surface area contributed by atoms with E-state index in [9.17, 15) is 13.6 Å². The summed E-state index contributed by atoms with van der Waals surface area (Å²) in [6.45, 7) is 4.93. The number of halogens is 2. The molecule has 2 aliphatic heterocycles. The number of rotatable bonds is 4. The molecule has 1 amide bonds. The fourth-order valence-corrected chi connectivity index (χ4v) is 4.00. The molecule has 0 aromatic heterocycles. The average Bonchev–Trinajstić information content (AvgIpc) is 2.74. The lowest BCUT2D eigenvalue weighted by Crippen LogP contribution is -2.21. The number of carbonyl (C=O) groups excluding carboxylic acids is 1. The number of aryl methyl sites for hydroxylation is 1. The smallest absolute Gasteiger partial charge is 0.255 e. The number of hydrogen-bond acceptors (Lipinski definition) is 3. The third-order valence-electron chi connectivity index (χ3n) is 5.59. The van der Waals surface area contributed by atoms with Gasteiger partial charge in [-0.15, -0.1) is 0 Å². The molecule has 4 rings (SSSR count). The van der Waals surface area contributed by atoms with E-state index in [4.69, 9.17) is 0 Å². The summed E-state index contributed by atoms with van der Waals surface area (Å²) in [7, 11) is 0. The van der Waals surface area contributed by atoms with Gasteiger partial charge in [-0.25, -0.2) is 8.78 Å². The van der Waals surface area contributed by atoms with Gasteiger partial charge in [-0.2, -0.15) is 0 Å². The molecule has 2 aromatic carbocycles. The van der Waals surface area contributed by atoms with E-state index in [2.05, 4.69) is 22.0 Å². The quantitative estimate of drug-likeness (QED) is 0.707. The first kappa shape index (κ1) is 20.4. The Morgan fingerprint density at radius 3 is 2.13 bits per heavy atom. The maximum Gasteiger partial charge on any atom is 0.255 e. The van der Waals surface area contributed by atoms with Crippen molar-refractivity contribution in [1.29, 1.82) is 0 Å². The van der Waals surface area contributed by atoms with Gasteiger partial charge in [-0.3, -0.25) is 4.79 Å². The molecule has 0 saturated carbocycles. The van der Waals surface area contributed by atoms with Crippen LogP contribution in [0.4, 0.5) is 14.5 Å². The summed E-state index contributed by atoms with van der Waals surface area (Å²) in [5.41, 5.74) is 4.42. The first-order valence-corrected chi connectivity index (χ1v) is 10.2. The Labute approximate surface area is 175 Å². The lowest BCUT2D eigenvalue weighted by molar-refractivity contribution is 0.102. The third kappa shape index (κ3) is 4.35. The number of anilines is 1. The highest BCUT2D eigenvalue weighted by Gasteiger charge is 2.19. The summed E-state index contributed by atoms with van der Waals surface area (Å²) in [4.78, 5) is 12.7. The van der Waals surface area contributed by atoms with Crippen LogP contribution in [0.15, 0.2) is 42.5 Å². The van der Waals surface area contributed by atoms with Gasteiger partial charge in [-0.05, 0) is 73.3 Å². The first-order valence-electron chi connectivity index (χ1n) is 10.2. The van der Waals surface area contributed by atoms with Gasteiger partial charge in [0.05, 0.1) is 0 Å². The fourth-order valence-electron chi connectivity index (χ4n) is 4.00. The molecule has 0 saturated heterocycles. The minimum absolute atomic E-state index is 0.00900. The standard InChI is InChI=1S/C24H25F2N3O/c1-15-12-18(16-4-8-27-9-5-16)2-3-20(15)24(30)29-19-13-21(25)23(22(26)14-19)17-6-10-28-11-7-17/h2-4,6,12-14,27-28H,5,7-11H2,1H3,(H,29,30). The van der Waals surface area contributed by atoms with Crippen LogP contribution in [0.5, 0.6) is 0 Å². The molecule has 0 spiro atoms. The van der Waals surface area contributed by atoms with Crippen molar-refractivity contribution in [3.8, 4) is 0 Å². The minimum atomic E-state index is -0.664. The summed E-state index contributed by atoms with van der Waals surface area (Å²) < 4.78 is 29.2. The Balaban J connectivity index is 1.54. The Kier molecular flexibility index (Phi) is 6.06. The second kappa shape index (κ2) is 8.90. The molecule has 6 heteroatoms. The van der Waals surface area contributed by atoms with Gasteiger partial charge in [0.1, 0.15) is 11.6 Å². The summed E-state index contributed by atoms with van der Waals surface area (Å²) in [5, 5.41) is 9.04. The first-order chi connectivity index (χ1) is 14.5. The minimum Gasteiger partial charge on any atom is -0.322 e. The van der Waals surface area contributed by atoms with Crippen molar-refractivity contribution in [3.05, 3.63) is 76.4 Å². The molecule has 0 unspecified atom stereocenters. The van der Waals surface area contributed by atoms with Gasteiger partial charge in [-0.1, -0.05) is 24.3 Å². The van der Waals surface area contributed by atoms with Gasteiger partial charge < -0.3 is 16.0 Å². The molecule has 0 radical (unpaired) electrons. The number of hydrogen-bond donors (Lipinski definition) is 3. The van der Waals surface area contributed by atoms with Crippen molar-refractivity contribution < 1.29 is 13.6 Å². The van der Waals surface area contributed by atoms with Gasteiger partial charge >= 0.3 is 0 Å². The van der Waals surface area contributed by atoms with Crippen molar-refractivity contribution in [2.45, 2.75) is 19.8 Å². The Morgan fingerprint density at radius 2 is 1.57 bits per heavy atom. The maximum absolute atomic E-state index is 14.6. The molecule has 2 heterocycles. The fraction of sp³-hybridized carbons (Fsp3) is 0.292. The maximum atomic E-state index is 14.6. The monoisotopic (exact) mass is 409 g/mol. The van der Waals surface area contributed by atoms with E-state index in [1.165, 1.54) is 17.7 Å². The molecule has 0 fully saturated rings. The van der Waals surface area contributed by atoms with Crippen LogP contribution < -0.4 is 16.0 Å². The van der Waals surface area contributed by atoms with E-state index in [0.29, 0.717) is 30.6 Å². The van der Waals surface area contributed by atoms with Gasteiger partial charge in [0.25, 0.3) is 5.91 Å². The van der Waals surface area contributed by atoms with Crippen molar-refractivity contribution in [2.24, 2.45) is 0 Å². The zero-order valence-corrected chi connectivity index (χ0v) is 16.9. The topological polar surface area (TPSA) is 53.2 Å². The van der Waals surface area contributed by atoms with Crippen LogP contribution in [0.25, 0.3) is 11.1 Å². The third-order valence-corrected chi connectivity index (χ3v) is 5.59. The van der Waals surface area contributed by atoms with E-state index < -0.39 is 11.6 Å².